The summed E-state index contributed by atoms with van der Waals surface area (Å²) in [6.07, 6.45) is 8.30. The van der Waals surface area contributed by atoms with Crippen molar-refractivity contribution in [3.63, 3.8) is 0 Å². The molecule has 1 atom stereocenters. The fourth-order valence-electron chi connectivity index (χ4n) is 7.72. The summed E-state index contributed by atoms with van der Waals surface area (Å²) in [5.74, 6) is 8.41. The van der Waals surface area contributed by atoms with E-state index in [1.807, 2.05) is 72.9 Å². The molecule has 3 aliphatic rings. The van der Waals surface area contributed by atoms with Crippen LogP contribution < -0.4 is 4.40 Å². The van der Waals surface area contributed by atoms with Crippen molar-refractivity contribution in [2.24, 2.45) is 17.8 Å². The van der Waals surface area contributed by atoms with Gasteiger partial charge in [-0.25, -0.2) is 0 Å². The van der Waals surface area contributed by atoms with Gasteiger partial charge in [0.15, 0.2) is 0 Å². The Kier molecular flexibility index (Phi) is 9.99. The van der Waals surface area contributed by atoms with Crippen molar-refractivity contribution in [1.82, 2.24) is 9.97 Å². The molecule has 10 rings (SSSR count). The number of hydrogen-bond donors (Lipinski definition) is 0. The molecule has 7 aromatic rings. The normalized spacial score (nSPS) is 19.1. The van der Waals surface area contributed by atoms with Gasteiger partial charge in [-0.05, 0) is 72.3 Å². The first-order valence-electron chi connectivity index (χ1n) is 19.0. The van der Waals surface area contributed by atoms with E-state index in [9.17, 15) is 0 Å². The van der Waals surface area contributed by atoms with Crippen LogP contribution in [0.5, 0.6) is 0 Å². The second-order valence-electron chi connectivity index (χ2n) is 14.9. The van der Waals surface area contributed by atoms with E-state index in [2.05, 4.69) is 81.8 Å². The summed E-state index contributed by atoms with van der Waals surface area (Å²) < 4.78 is 26.1. The van der Waals surface area contributed by atoms with Gasteiger partial charge in [0, 0.05) is 34.4 Å². The number of pyridine rings is 2. The Balaban J connectivity index is 0.000000216. The Morgan fingerprint density at radius 2 is 1.59 bits per heavy atom. The molecule has 0 spiro atoms. The topological polar surface area (TPSA) is 38.9 Å². The number of benzene rings is 4. The van der Waals surface area contributed by atoms with E-state index in [1.54, 1.807) is 6.20 Å². The maximum Gasteiger partial charge on any atom is 0 e. The molecule has 0 N–H and O–H groups in total. The molecule has 1 unspecified atom stereocenters. The Morgan fingerprint density at radius 3 is 2.29 bits per heavy atom. The molecular weight excluding hydrogens is 861 g/mol. The predicted octanol–water partition coefficient (Wildman–Crippen LogP) is 11.6. The second kappa shape index (κ2) is 15.4. The summed E-state index contributed by atoms with van der Waals surface area (Å²) >= 11 is -1.72. The van der Waals surface area contributed by atoms with Crippen molar-refractivity contribution < 1.29 is 27.3 Å². The van der Waals surface area contributed by atoms with Gasteiger partial charge in [-0.2, -0.15) is 0 Å². The quantitative estimate of drug-likeness (QED) is 0.123. The Hall–Kier alpha value is -3.83. The SMILES string of the molecule is [2H]C([2H])(c1ccnc(-c2[c-]ccc3c2oc2cc(-c4ccccc4)ccc23)c1)C1CC2CCC1CC2.[CH3][Ge]([CH3])([CH3])[c]1ccc(-c2[c-]cccc2)nc1.[Ir]. The first-order chi connectivity index (χ1) is 25.1. The van der Waals surface area contributed by atoms with E-state index in [0.29, 0.717) is 17.5 Å². The zero-order valence-corrected chi connectivity index (χ0v) is 33.9. The number of hydrogen-bond acceptors (Lipinski definition) is 3. The van der Waals surface area contributed by atoms with E-state index >= 15 is 0 Å². The average Bonchev–Trinajstić information content (AvgIpc) is 3.57. The smallest absolute Gasteiger partial charge is 0 e. The van der Waals surface area contributed by atoms with Gasteiger partial charge in [0.25, 0.3) is 0 Å². The van der Waals surface area contributed by atoms with Gasteiger partial charge in [-0.3, -0.25) is 0 Å². The maximum absolute atomic E-state index is 9.14. The molecule has 0 aliphatic heterocycles. The average molecular weight is 908 g/mol. The molecule has 0 saturated heterocycles. The molecule has 5 heteroatoms. The van der Waals surface area contributed by atoms with Gasteiger partial charge in [0.05, 0.1) is 5.58 Å². The molecule has 3 fully saturated rings. The van der Waals surface area contributed by atoms with Crippen molar-refractivity contribution in [3.8, 4) is 33.6 Å². The Labute approximate surface area is 321 Å². The Bertz CT molecular complexity index is 2310. The summed E-state index contributed by atoms with van der Waals surface area (Å²) in [5, 5.41) is 2.09. The number of fused-ring (bicyclic) bond motifs is 6. The van der Waals surface area contributed by atoms with Gasteiger partial charge in [-0.15, -0.1) is 18.2 Å². The molecule has 2 bridgehead atoms. The zero-order valence-electron chi connectivity index (χ0n) is 31.5. The van der Waals surface area contributed by atoms with Crippen molar-refractivity contribution in [2.75, 3.05) is 0 Å². The third kappa shape index (κ3) is 7.84. The van der Waals surface area contributed by atoms with Crippen LogP contribution in [0.2, 0.25) is 17.3 Å². The van der Waals surface area contributed by atoms with E-state index in [4.69, 9.17) is 7.16 Å². The van der Waals surface area contributed by atoms with Gasteiger partial charge in [0.1, 0.15) is 5.58 Å². The van der Waals surface area contributed by atoms with Crippen LogP contribution in [-0.4, -0.2) is 23.2 Å². The minimum atomic E-state index is -1.72. The number of nitrogens with zero attached hydrogens (tertiary/aromatic N) is 2. The number of aromatic nitrogens is 2. The van der Waals surface area contributed by atoms with Crippen molar-refractivity contribution in [1.29, 1.82) is 0 Å². The molecule has 4 aromatic carbocycles. The van der Waals surface area contributed by atoms with E-state index in [0.717, 1.165) is 61.9 Å². The van der Waals surface area contributed by atoms with Crippen LogP contribution >= 0.6 is 0 Å². The van der Waals surface area contributed by atoms with E-state index in [-0.39, 0.29) is 26.0 Å². The summed E-state index contributed by atoms with van der Waals surface area (Å²) in [4.78, 5) is 9.17. The van der Waals surface area contributed by atoms with Crippen LogP contribution in [0.1, 0.15) is 40.4 Å². The van der Waals surface area contributed by atoms with Crippen LogP contribution in [0.4, 0.5) is 0 Å². The van der Waals surface area contributed by atoms with Crippen LogP contribution in [0.15, 0.2) is 126 Å². The monoisotopic (exact) mass is 909 g/mol. The minimum absolute atomic E-state index is 0. The van der Waals surface area contributed by atoms with Gasteiger partial charge < -0.3 is 9.40 Å². The third-order valence-electron chi connectivity index (χ3n) is 10.6. The Morgan fingerprint density at radius 1 is 0.765 bits per heavy atom. The fraction of sp³-hybridized carbons (Fsp3) is 0.261. The maximum atomic E-state index is 9.14. The van der Waals surface area contributed by atoms with Crippen molar-refractivity contribution >= 4 is 39.6 Å². The minimum Gasteiger partial charge on any atom is 0 e. The molecule has 3 heterocycles. The predicted molar refractivity (Wildman–Crippen MR) is 210 cm³/mol. The van der Waals surface area contributed by atoms with E-state index < -0.39 is 19.6 Å². The van der Waals surface area contributed by atoms with Crippen LogP contribution in [0.25, 0.3) is 55.6 Å². The van der Waals surface area contributed by atoms with Gasteiger partial charge in [-0.1, -0.05) is 77.9 Å². The number of furan rings is 1. The molecule has 1 radical (unpaired) electrons. The zero-order chi connectivity index (χ0) is 35.9. The molecule has 3 aromatic heterocycles. The van der Waals surface area contributed by atoms with E-state index in [1.165, 1.54) is 30.1 Å². The largest absolute Gasteiger partial charge is 0 e. The summed E-state index contributed by atoms with van der Waals surface area (Å²) in [6.45, 7) is 0. The molecule has 3 aliphatic carbocycles. The molecule has 51 heavy (non-hydrogen) atoms. The molecule has 0 amide bonds. The molecule has 259 valence electrons. The standard InChI is InChI=1S/C32H28NO.C14H16GeN.Ir/c1-2-5-23(6-3-1)25-13-14-27-28-7-4-8-29(32(28)34-31(27)20-25)30-19-22(15-16-33-30)18-26-17-21-9-11-24(26)12-10-21;1-15(2,3)13-9-10-14(16-11-13)12-7-5-4-6-8-12;/h1-7,13-16,19-21,24,26H,9-12,17-18H2;4-7,9-11H,1-3H3;/q2*-1;/i18D2;;. The molecular formula is C46H44GeIrN2O-2. The van der Waals surface area contributed by atoms with Crippen LogP contribution in [-0.2, 0) is 26.5 Å². The summed E-state index contributed by atoms with van der Waals surface area (Å²) in [7, 11) is 0. The molecule has 3 saturated carbocycles. The first kappa shape index (κ1) is 33.0. The van der Waals surface area contributed by atoms with Gasteiger partial charge >= 0.3 is 99.8 Å². The molecule has 3 nitrogen and oxygen atoms in total. The van der Waals surface area contributed by atoms with Crippen LogP contribution in [0.3, 0.4) is 0 Å². The van der Waals surface area contributed by atoms with Crippen molar-refractivity contribution in [3.05, 3.63) is 139 Å². The van der Waals surface area contributed by atoms with Crippen LogP contribution in [0, 0.1) is 29.9 Å². The fourth-order valence-corrected chi connectivity index (χ4v) is 9.89. The summed E-state index contributed by atoms with van der Waals surface area (Å²) in [6, 6.07) is 43.2. The number of rotatable bonds is 6. The third-order valence-corrected chi connectivity index (χ3v) is 14.8. The van der Waals surface area contributed by atoms with Crippen molar-refractivity contribution in [2.45, 2.75) is 55.7 Å². The summed E-state index contributed by atoms with van der Waals surface area (Å²) in [5.41, 5.74) is 8.14. The van der Waals surface area contributed by atoms with Gasteiger partial charge in [0.2, 0.25) is 0 Å². The second-order valence-corrected chi connectivity index (χ2v) is 25.6. The first-order valence-corrected chi connectivity index (χ1v) is 25.3.